The van der Waals surface area contributed by atoms with E-state index in [2.05, 4.69) is 20.5 Å². The maximum atomic E-state index is 11.5. The lowest BCUT2D eigenvalue weighted by Gasteiger charge is -2.34. The van der Waals surface area contributed by atoms with Crippen LogP contribution >= 0.6 is 24.0 Å². The summed E-state index contributed by atoms with van der Waals surface area (Å²) in [7, 11) is 6.74. The highest BCUT2D eigenvalue weighted by Gasteiger charge is 2.22. The molecule has 0 aromatic heterocycles. The van der Waals surface area contributed by atoms with Crippen molar-refractivity contribution in [2.75, 3.05) is 54.6 Å². The summed E-state index contributed by atoms with van der Waals surface area (Å²) in [5.74, 6) is 3.63. The van der Waals surface area contributed by atoms with Gasteiger partial charge in [-0.2, -0.15) is 0 Å². The van der Waals surface area contributed by atoms with Gasteiger partial charge in [0.2, 0.25) is 5.91 Å². The molecule has 30 heavy (non-hydrogen) atoms. The lowest BCUT2D eigenvalue weighted by molar-refractivity contribution is -0.121. The molecule has 8 nitrogen and oxygen atoms in total. The summed E-state index contributed by atoms with van der Waals surface area (Å²) >= 11 is 0. The summed E-state index contributed by atoms with van der Waals surface area (Å²) in [4.78, 5) is 18.2. The fourth-order valence-corrected chi connectivity index (χ4v) is 3.37. The van der Waals surface area contributed by atoms with Gasteiger partial charge in [0.15, 0.2) is 5.96 Å². The van der Waals surface area contributed by atoms with Gasteiger partial charge in [-0.05, 0) is 25.2 Å². The van der Waals surface area contributed by atoms with Crippen LogP contribution in [0, 0.1) is 5.92 Å². The number of carbonyl (C=O) groups is 1. The Morgan fingerprint density at radius 1 is 1.13 bits per heavy atom. The average molecular weight is 534 g/mol. The van der Waals surface area contributed by atoms with Gasteiger partial charge in [-0.15, -0.1) is 24.0 Å². The van der Waals surface area contributed by atoms with E-state index in [-0.39, 0.29) is 29.9 Å². The monoisotopic (exact) mass is 534 g/mol. The summed E-state index contributed by atoms with van der Waals surface area (Å²) in [6.45, 7) is 3.18. The largest absolute Gasteiger partial charge is 0.496 e. The molecule has 0 saturated carbocycles. The molecule has 9 heteroatoms. The lowest BCUT2D eigenvalue weighted by atomic mass is 9.93. The van der Waals surface area contributed by atoms with Gasteiger partial charge in [0.05, 0.1) is 20.8 Å². The Morgan fingerprint density at radius 2 is 1.73 bits per heavy atom. The number of likely N-dealkylation sites (tertiary alicyclic amines) is 1. The Bertz CT molecular complexity index is 657. The number of ether oxygens (including phenoxy) is 3. The van der Waals surface area contributed by atoms with Crippen LogP contribution in [0.3, 0.4) is 0 Å². The first-order valence-corrected chi connectivity index (χ1v) is 10.1. The third kappa shape index (κ3) is 8.45. The van der Waals surface area contributed by atoms with Crippen LogP contribution in [0.1, 0.15) is 25.7 Å². The quantitative estimate of drug-likeness (QED) is 0.219. The average Bonchev–Trinajstić information content (AvgIpc) is 2.76. The molecule has 1 saturated heterocycles. The number of rotatable bonds is 9. The van der Waals surface area contributed by atoms with Gasteiger partial charge in [-0.1, -0.05) is 0 Å². The molecule has 1 fully saturated rings. The molecule has 0 spiro atoms. The van der Waals surface area contributed by atoms with Crippen molar-refractivity contribution >= 4 is 35.8 Å². The predicted molar refractivity (Wildman–Crippen MR) is 129 cm³/mol. The van der Waals surface area contributed by atoms with Crippen LogP contribution in [-0.4, -0.2) is 71.3 Å². The number of aliphatic imine (C=N–C) groups is 1. The van der Waals surface area contributed by atoms with E-state index < -0.39 is 0 Å². The maximum Gasteiger partial charge on any atom is 0.220 e. The summed E-state index contributed by atoms with van der Waals surface area (Å²) in [6, 6.07) is 5.51. The van der Waals surface area contributed by atoms with Crippen LogP contribution in [0.25, 0.3) is 0 Å². The minimum absolute atomic E-state index is 0. The Kier molecular flexibility index (Phi) is 12.3. The van der Waals surface area contributed by atoms with Crippen molar-refractivity contribution in [1.29, 1.82) is 0 Å². The number of hydrogen-bond acceptors (Lipinski definition) is 5. The fraction of sp³-hybridized carbons (Fsp3) is 0.619. The third-order valence-corrected chi connectivity index (χ3v) is 5.08. The Labute approximate surface area is 196 Å². The molecular weight excluding hydrogens is 499 g/mol. The van der Waals surface area contributed by atoms with Crippen molar-refractivity contribution in [2.24, 2.45) is 10.9 Å². The van der Waals surface area contributed by atoms with E-state index in [0.717, 1.165) is 50.6 Å². The SMILES string of the molecule is CN=C(NCCCOc1cc(OC)cc(OC)c1)N1CCC(CC(=O)NC)CC1.I. The van der Waals surface area contributed by atoms with Crippen LogP contribution in [0.5, 0.6) is 17.2 Å². The summed E-state index contributed by atoms with van der Waals surface area (Å²) < 4.78 is 16.3. The lowest BCUT2D eigenvalue weighted by Crippen LogP contribution is -2.46. The first kappa shape index (κ1) is 26.1. The molecule has 1 aromatic carbocycles. The zero-order valence-electron chi connectivity index (χ0n) is 18.4. The molecule has 2 rings (SSSR count). The molecule has 0 unspecified atom stereocenters. The number of hydrogen-bond donors (Lipinski definition) is 2. The summed E-state index contributed by atoms with van der Waals surface area (Å²) in [5, 5.41) is 6.11. The van der Waals surface area contributed by atoms with Gasteiger partial charge < -0.3 is 29.7 Å². The van der Waals surface area contributed by atoms with Gasteiger partial charge in [0.1, 0.15) is 17.2 Å². The highest BCUT2D eigenvalue weighted by atomic mass is 127. The standard InChI is InChI=1S/C21H34N4O4.HI/c1-22-20(26)12-16-6-9-25(10-7-16)21(23-2)24-8-5-11-29-19-14-17(27-3)13-18(15-19)28-4;/h13-16H,5-12H2,1-4H3,(H,22,26)(H,23,24);1H. The van der Waals surface area contributed by atoms with E-state index >= 15 is 0 Å². The van der Waals surface area contributed by atoms with E-state index in [1.165, 1.54) is 0 Å². The molecule has 0 bridgehead atoms. The first-order valence-electron chi connectivity index (χ1n) is 10.1. The normalized spacial score (nSPS) is 14.5. The summed E-state index contributed by atoms with van der Waals surface area (Å²) in [5.41, 5.74) is 0. The first-order chi connectivity index (χ1) is 14.1. The Balaban J connectivity index is 0.00000450. The molecule has 1 amide bonds. The van der Waals surface area contributed by atoms with Crippen LogP contribution in [0.2, 0.25) is 0 Å². The number of benzene rings is 1. The topological polar surface area (TPSA) is 84.4 Å². The fourth-order valence-electron chi connectivity index (χ4n) is 3.37. The molecule has 2 N–H and O–H groups in total. The van der Waals surface area contributed by atoms with Gasteiger partial charge >= 0.3 is 0 Å². The number of methoxy groups -OCH3 is 2. The number of piperidine rings is 1. The molecule has 0 aliphatic carbocycles. The minimum Gasteiger partial charge on any atom is -0.496 e. The summed E-state index contributed by atoms with van der Waals surface area (Å²) in [6.07, 6.45) is 3.47. The number of amides is 1. The van der Waals surface area contributed by atoms with Crippen LogP contribution in [0.4, 0.5) is 0 Å². The van der Waals surface area contributed by atoms with Gasteiger partial charge in [0, 0.05) is 58.3 Å². The predicted octanol–water partition coefficient (Wildman–Crippen LogP) is 2.51. The highest BCUT2D eigenvalue weighted by Crippen LogP contribution is 2.27. The van der Waals surface area contributed by atoms with Crippen molar-refractivity contribution in [3.05, 3.63) is 18.2 Å². The van der Waals surface area contributed by atoms with Crippen molar-refractivity contribution in [2.45, 2.75) is 25.7 Å². The molecule has 1 aromatic rings. The van der Waals surface area contributed by atoms with Crippen molar-refractivity contribution < 1.29 is 19.0 Å². The van der Waals surface area contributed by atoms with Crippen molar-refractivity contribution in [3.63, 3.8) is 0 Å². The number of carbonyl (C=O) groups excluding carboxylic acids is 1. The zero-order chi connectivity index (χ0) is 21.1. The molecule has 1 aliphatic rings. The molecule has 0 radical (unpaired) electrons. The Morgan fingerprint density at radius 3 is 2.27 bits per heavy atom. The van der Waals surface area contributed by atoms with Gasteiger partial charge in [-0.25, -0.2) is 0 Å². The van der Waals surface area contributed by atoms with E-state index in [1.54, 1.807) is 28.3 Å². The second-order valence-electron chi connectivity index (χ2n) is 7.03. The van der Waals surface area contributed by atoms with Crippen molar-refractivity contribution in [1.82, 2.24) is 15.5 Å². The van der Waals surface area contributed by atoms with E-state index in [4.69, 9.17) is 14.2 Å². The van der Waals surface area contributed by atoms with Crippen molar-refractivity contribution in [3.8, 4) is 17.2 Å². The number of guanidine groups is 1. The van der Waals surface area contributed by atoms with E-state index in [1.807, 2.05) is 18.2 Å². The van der Waals surface area contributed by atoms with Crippen LogP contribution in [-0.2, 0) is 4.79 Å². The molecule has 1 aliphatic heterocycles. The van der Waals surface area contributed by atoms with E-state index in [9.17, 15) is 4.79 Å². The second-order valence-corrected chi connectivity index (χ2v) is 7.03. The smallest absolute Gasteiger partial charge is 0.220 e. The third-order valence-electron chi connectivity index (χ3n) is 5.08. The maximum absolute atomic E-state index is 11.5. The van der Waals surface area contributed by atoms with Gasteiger partial charge in [-0.3, -0.25) is 9.79 Å². The second kappa shape index (κ2) is 14.2. The number of halogens is 1. The Hall–Kier alpha value is -1.91. The van der Waals surface area contributed by atoms with E-state index in [0.29, 0.717) is 30.4 Å². The highest BCUT2D eigenvalue weighted by molar-refractivity contribution is 14.0. The number of nitrogens with one attached hydrogen (secondary N) is 2. The molecule has 170 valence electrons. The minimum atomic E-state index is 0. The molecular formula is C21H35IN4O4. The van der Waals surface area contributed by atoms with Gasteiger partial charge in [0.25, 0.3) is 0 Å². The van der Waals surface area contributed by atoms with Crippen LogP contribution < -0.4 is 24.8 Å². The molecule has 1 heterocycles. The molecule has 0 atom stereocenters. The van der Waals surface area contributed by atoms with Crippen LogP contribution in [0.15, 0.2) is 23.2 Å². The number of nitrogens with zero attached hydrogens (tertiary/aromatic N) is 2. The zero-order valence-corrected chi connectivity index (χ0v) is 20.7.